The molecule has 1 heterocycles. The van der Waals surface area contributed by atoms with Gasteiger partial charge in [0.15, 0.2) is 34.7 Å². The van der Waals surface area contributed by atoms with E-state index in [2.05, 4.69) is 4.98 Å². The Hall–Kier alpha value is -3.83. The van der Waals surface area contributed by atoms with E-state index in [1.807, 2.05) is 0 Å². The van der Waals surface area contributed by atoms with E-state index in [0.29, 0.717) is 16.7 Å². The minimum Gasteiger partial charge on any atom is -0.507 e. The number of halogens is 1. The first-order valence-corrected chi connectivity index (χ1v) is 11.7. The molecule has 2 unspecified atom stereocenters. The molecule has 3 aliphatic carbocycles. The molecule has 11 heteroatoms. The number of hydrogen-bond donors (Lipinski definition) is 3. The van der Waals surface area contributed by atoms with Crippen molar-refractivity contribution in [1.29, 1.82) is 0 Å². The van der Waals surface area contributed by atoms with Crippen molar-refractivity contribution in [1.82, 2.24) is 4.98 Å². The SMILES string of the molecule is COCc1cc(-c2ccc(O)c3c2C[C@H]2C[C@H]4CC(=O)C(C(N)=O)C(=O)[C@@]4(O)C(=O)C2C3=O)cnc1F. The maximum atomic E-state index is 14.1. The molecule has 1 aromatic carbocycles. The van der Waals surface area contributed by atoms with E-state index in [1.165, 1.54) is 25.4 Å². The van der Waals surface area contributed by atoms with Crippen molar-refractivity contribution in [3.63, 3.8) is 0 Å². The fourth-order valence-electron chi connectivity index (χ4n) is 6.14. The van der Waals surface area contributed by atoms with Gasteiger partial charge in [-0.15, -0.1) is 0 Å². The van der Waals surface area contributed by atoms with E-state index < -0.39 is 76.4 Å². The van der Waals surface area contributed by atoms with Crippen molar-refractivity contribution in [3.05, 3.63) is 47.0 Å². The highest BCUT2D eigenvalue weighted by Crippen LogP contribution is 2.51. The van der Waals surface area contributed by atoms with Crippen LogP contribution in [0, 0.1) is 29.6 Å². The second kappa shape index (κ2) is 8.63. The fraction of sp³-hybridized carbons (Fsp3) is 0.385. The Labute approximate surface area is 209 Å². The van der Waals surface area contributed by atoms with Gasteiger partial charge in [-0.05, 0) is 42.0 Å². The van der Waals surface area contributed by atoms with E-state index in [9.17, 15) is 38.6 Å². The number of benzene rings is 1. The molecule has 2 aromatic rings. The Kier molecular flexibility index (Phi) is 5.80. The lowest BCUT2D eigenvalue weighted by molar-refractivity contribution is -0.175. The van der Waals surface area contributed by atoms with Crippen molar-refractivity contribution in [2.45, 2.75) is 31.5 Å². The first-order valence-electron chi connectivity index (χ1n) is 11.7. The maximum absolute atomic E-state index is 14.1. The predicted octanol–water partition coefficient (Wildman–Crippen LogP) is 0.674. The quantitative estimate of drug-likeness (QED) is 0.395. The van der Waals surface area contributed by atoms with Crippen LogP contribution in [0.2, 0.25) is 0 Å². The molecule has 2 saturated carbocycles. The normalized spacial score (nSPS) is 28.9. The van der Waals surface area contributed by atoms with Gasteiger partial charge < -0.3 is 20.7 Å². The zero-order valence-corrected chi connectivity index (χ0v) is 19.7. The summed E-state index contributed by atoms with van der Waals surface area (Å²) in [4.78, 5) is 68.1. The van der Waals surface area contributed by atoms with Gasteiger partial charge in [0.2, 0.25) is 11.9 Å². The number of fused-ring (bicyclic) bond motifs is 3. The lowest BCUT2D eigenvalue weighted by Crippen LogP contribution is -2.68. The van der Waals surface area contributed by atoms with E-state index in [1.54, 1.807) is 6.07 Å². The van der Waals surface area contributed by atoms with Gasteiger partial charge in [0.05, 0.1) is 18.1 Å². The molecule has 5 atom stereocenters. The topological polar surface area (TPSA) is 174 Å². The summed E-state index contributed by atoms with van der Waals surface area (Å²) in [5, 5.41) is 21.8. The Bertz CT molecular complexity index is 1410. The highest BCUT2D eigenvalue weighted by Gasteiger charge is 2.66. The molecule has 0 aliphatic heterocycles. The van der Waals surface area contributed by atoms with E-state index in [-0.39, 0.29) is 30.6 Å². The zero-order chi connectivity index (χ0) is 26.8. The second-order valence-electron chi connectivity index (χ2n) is 9.83. The average Bonchev–Trinajstić information content (AvgIpc) is 2.83. The number of nitrogens with zero attached hydrogens (tertiary/aromatic N) is 1. The Morgan fingerprint density at radius 2 is 1.95 bits per heavy atom. The number of ether oxygens (including phenoxy) is 1. The van der Waals surface area contributed by atoms with Gasteiger partial charge in [0.1, 0.15) is 5.75 Å². The number of rotatable bonds is 4. The summed E-state index contributed by atoms with van der Waals surface area (Å²) in [5.74, 6) is -11.5. The van der Waals surface area contributed by atoms with Gasteiger partial charge in [-0.2, -0.15) is 4.39 Å². The van der Waals surface area contributed by atoms with Gasteiger partial charge in [-0.1, -0.05) is 6.07 Å². The van der Waals surface area contributed by atoms with Crippen LogP contribution < -0.4 is 5.73 Å². The maximum Gasteiger partial charge on any atom is 0.235 e. The van der Waals surface area contributed by atoms with Gasteiger partial charge in [-0.3, -0.25) is 24.0 Å². The molecule has 5 rings (SSSR count). The molecule has 0 spiro atoms. The van der Waals surface area contributed by atoms with E-state index in [0.717, 1.165) is 0 Å². The number of amides is 1. The monoisotopic (exact) mass is 510 g/mol. The molecule has 2 fully saturated rings. The third-order valence-corrected chi connectivity index (χ3v) is 7.81. The summed E-state index contributed by atoms with van der Waals surface area (Å²) in [6.07, 6.45) is 0.949. The van der Waals surface area contributed by atoms with Gasteiger partial charge in [0, 0.05) is 36.8 Å². The molecule has 1 amide bonds. The molecule has 0 radical (unpaired) electrons. The summed E-state index contributed by atoms with van der Waals surface area (Å²) in [6.45, 7) is -0.0420. The summed E-state index contributed by atoms with van der Waals surface area (Å²) < 4.78 is 19.1. The number of Topliss-reactive ketones (excluding diaryl/α,β-unsaturated/α-hetero) is 4. The standard InChI is InChI=1S/C26H23FN2O8/c1-37-9-12-4-11(8-29-24(12)27)14-2-3-16(30)19-15(14)6-10-5-13-7-17(31)20(25(28)35)23(34)26(13,36)22(33)18(10)21(19)32/h2-4,8,10,13,18,20,30,36H,5-7,9H2,1H3,(H2,28,35)/t10-,13+,18?,20?,26+/m1/s1. The minimum absolute atomic E-state index is 0.0211. The number of pyridine rings is 1. The molecular formula is C26H23FN2O8. The number of aromatic nitrogens is 1. The van der Waals surface area contributed by atoms with Crippen LogP contribution in [0.1, 0.15) is 34.3 Å². The Balaban J connectivity index is 1.60. The summed E-state index contributed by atoms with van der Waals surface area (Å²) in [6, 6.07) is 4.34. The molecule has 37 heavy (non-hydrogen) atoms. The highest BCUT2D eigenvalue weighted by molar-refractivity contribution is 6.31. The molecular weight excluding hydrogens is 487 g/mol. The third-order valence-electron chi connectivity index (χ3n) is 7.81. The summed E-state index contributed by atoms with van der Waals surface area (Å²) in [7, 11) is 1.40. The van der Waals surface area contributed by atoms with Crippen molar-refractivity contribution >= 4 is 29.0 Å². The van der Waals surface area contributed by atoms with Crippen LogP contribution >= 0.6 is 0 Å². The van der Waals surface area contributed by atoms with Crippen LogP contribution in [0.5, 0.6) is 5.75 Å². The summed E-state index contributed by atoms with van der Waals surface area (Å²) >= 11 is 0. The van der Waals surface area contributed by atoms with Crippen LogP contribution in [0.15, 0.2) is 24.4 Å². The number of primary amides is 1. The van der Waals surface area contributed by atoms with Gasteiger partial charge >= 0.3 is 0 Å². The van der Waals surface area contributed by atoms with Crippen LogP contribution in [-0.2, 0) is 36.9 Å². The number of aromatic hydroxyl groups is 1. The number of methoxy groups -OCH3 is 1. The van der Waals surface area contributed by atoms with Gasteiger partial charge in [0.25, 0.3) is 0 Å². The van der Waals surface area contributed by atoms with Crippen molar-refractivity contribution < 1.29 is 43.3 Å². The van der Waals surface area contributed by atoms with Crippen LogP contribution in [0.3, 0.4) is 0 Å². The van der Waals surface area contributed by atoms with Crippen molar-refractivity contribution in [2.75, 3.05) is 7.11 Å². The number of carbonyl (C=O) groups excluding carboxylic acids is 5. The molecule has 0 saturated heterocycles. The zero-order valence-electron chi connectivity index (χ0n) is 19.7. The number of nitrogens with two attached hydrogens (primary N) is 1. The average molecular weight is 510 g/mol. The number of hydrogen-bond acceptors (Lipinski definition) is 9. The van der Waals surface area contributed by atoms with E-state index >= 15 is 0 Å². The highest BCUT2D eigenvalue weighted by atomic mass is 19.1. The van der Waals surface area contributed by atoms with Gasteiger partial charge in [-0.25, -0.2) is 4.98 Å². The fourth-order valence-corrected chi connectivity index (χ4v) is 6.14. The number of phenolic OH excluding ortho intramolecular Hbond substituents is 1. The molecule has 3 aliphatic rings. The summed E-state index contributed by atoms with van der Waals surface area (Å²) in [5.41, 5.74) is 3.88. The molecule has 10 nitrogen and oxygen atoms in total. The van der Waals surface area contributed by atoms with Crippen LogP contribution in [0.25, 0.3) is 11.1 Å². The first-order chi connectivity index (χ1) is 17.5. The van der Waals surface area contributed by atoms with Crippen molar-refractivity contribution in [3.8, 4) is 16.9 Å². The van der Waals surface area contributed by atoms with Crippen LogP contribution in [0.4, 0.5) is 4.39 Å². The smallest absolute Gasteiger partial charge is 0.235 e. The number of carbonyl (C=O) groups is 5. The lowest BCUT2D eigenvalue weighted by atomic mass is 9.53. The second-order valence-corrected chi connectivity index (χ2v) is 9.83. The lowest BCUT2D eigenvalue weighted by Gasteiger charge is -2.48. The Morgan fingerprint density at radius 3 is 2.62 bits per heavy atom. The van der Waals surface area contributed by atoms with Crippen LogP contribution in [-0.4, -0.2) is 56.9 Å². The van der Waals surface area contributed by atoms with E-state index in [4.69, 9.17) is 10.5 Å². The third kappa shape index (κ3) is 3.52. The number of ketones is 4. The first kappa shape index (κ1) is 24.8. The number of phenols is 1. The predicted molar refractivity (Wildman–Crippen MR) is 122 cm³/mol. The minimum atomic E-state index is -2.70. The molecule has 0 bridgehead atoms. The molecule has 192 valence electrons. The molecule has 1 aromatic heterocycles. The molecule has 4 N–H and O–H groups in total. The largest absolute Gasteiger partial charge is 0.507 e. The van der Waals surface area contributed by atoms with Crippen molar-refractivity contribution in [2.24, 2.45) is 29.4 Å². The number of aliphatic hydroxyl groups is 1. The Morgan fingerprint density at radius 1 is 1.22 bits per heavy atom.